The van der Waals surface area contributed by atoms with Crippen molar-refractivity contribution in [3.8, 4) is 0 Å². The van der Waals surface area contributed by atoms with Crippen molar-refractivity contribution in [1.82, 2.24) is 0 Å². The van der Waals surface area contributed by atoms with Crippen LogP contribution in [0.25, 0.3) is 0 Å². The highest BCUT2D eigenvalue weighted by Crippen LogP contribution is 2.43. The van der Waals surface area contributed by atoms with Gasteiger partial charge in [-0.1, -0.05) is 0 Å². The number of halogens is 13. The van der Waals surface area contributed by atoms with Crippen molar-refractivity contribution in [1.29, 1.82) is 0 Å². The molecule has 1 atom stereocenters. The summed E-state index contributed by atoms with van der Waals surface area (Å²) in [5.41, 5.74) is 0. The molecule has 0 saturated carbocycles. The second kappa shape index (κ2) is 7.31. The summed E-state index contributed by atoms with van der Waals surface area (Å²) < 4.78 is 207. The van der Waals surface area contributed by atoms with E-state index in [1.165, 1.54) is 0 Å². The zero-order valence-electron chi connectivity index (χ0n) is 12.0. The van der Waals surface area contributed by atoms with E-state index in [4.69, 9.17) is 0 Å². The van der Waals surface area contributed by atoms with Gasteiger partial charge in [0.15, 0.2) is 6.10 Å². The van der Waals surface area contributed by atoms with Gasteiger partial charge in [-0.15, -0.1) is 0 Å². The van der Waals surface area contributed by atoms with Gasteiger partial charge in [-0.3, -0.25) is 4.18 Å². The van der Waals surface area contributed by atoms with Crippen LogP contribution in [0.15, 0.2) is 0 Å². The van der Waals surface area contributed by atoms with Crippen LogP contribution < -0.4 is 0 Å². The van der Waals surface area contributed by atoms with Gasteiger partial charge in [-0.25, -0.2) is 4.18 Å². The molecule has 0 N–H and O–H groups in total. The first kappa shape index (κ1) is 26.9. The highest BCUT2D eigenvalue weighted by Gasteiger charge is 2.71. The van der Waals surface area contributed by atoms with Gasteiger partial charge in [0.05, 0.1) is 0 Å². The first-order valence-electron chi connectivity index (χ1n) is 5.59. The Morgan fingerprint density at radius 2 is 0.929 bits per heavy atom. The minimum atomic E-state index is -7.59. The third-order valence-electron chi connectivity index (χ3n) is 2.27. The molecule has 0 radical (unpaired) electrons. The van der Waals surface area contributed by atoms with E-state index in [-0.39, 0.29) is 0 Å². The quantitative estimate of drug-likeness (QED) is 0.400. The van der Waals surface area contributed by atoms with Crippen molar-refractivity contribution in [2.45, 2.75) is 35.1 Å². The lowest BCUT2D eigenvalue weighted by molar-refractivity contribution is -0.250. The Bertz CT molecular complexity index is 759. The van der Waals surface area contributed by atoms with E-state index >= 15 is 0 Å². The van der Waals surface area contributed by atoms with Gasteiger partial charge >= 0.3 is 49.3 Å². The summed E-state index contributed by atoms with van der Waals surface area (Å²) in [7, 11) is -14.9. The first-order chi connectivity index (χ1) is 11.8. The minimum absolute atomic E-state index is 2.45. The Balaban J connectivity index is 5.81. The molecule has 0 aromatic carbocycles. The molecule has 0 rings (SSSR count). The lowest BCUT2D eigenvalue weighted by Gasteiger charge is -2.25. The molecule has 0 heterocycles. The number of alkyl halides is 13. The average Bonchev–Trinajstić information content (AvgIpc) is 2.39. The van der Waals surface area contributed by atoms with Crippen LogP contribution in [-0.2, 0) is 28.6 Å². The largest absolute Gasteiger partial charge is 0.472 e. The summed E-state index contributed by atoms with van der Waals surface area (Å²) in [5, 5.41) is -13.9. The van der Waals surface area contributed by atoms with Crippen molar-refractivity contribution in [2.24, 2.45) is 0 Å². The fraction of sp³-hybridized carbons (Fsp3) is 1.00. The molecular weight excluding hydrogens is 491 g/mol. The molecule has 0 aliphatic heterocycles. The molecule has 0 aliphatic rings. The molecule has 0 amide bonds. The zero-order chi connectivity index (χ0) is 23.2. The summed E-state index contributed by atoms with van der Waals surface area (Å²) in [4.78, 5) is 0. The lowest BCUT2D eigenvalue weighted by atomic mass is 10.4. The molecule has 0 spiro atoms. The van der Waals surface area contributed by atoms with Crippen LogP contribution in [0.1, 0.15) is 0 Å². The Morgan fingerprint density at radius 3 is 1.21 bits per heavy atom. The summed E-state index contributed by atoms with van der Waals surface area (Å²) >= 11 is 0. The molecule has 0 bridgehead atoms. The van der Waals surface area contributed by atoms with E-state index in [0.29, 0.717) is 0 Å². The number of rotatable bonds is 7. The van der Waals surface area contributed by atoms with Crippen LogP contribution >= 0.6 is 0 Å². The van der Waals surface area contributed by atoms with E-state index in [0.717, 1.165) is 0 Å². The maximum absolute atomic E-state index is 12.6. The number of hydrogen-bond acceptors (Lipinski definition) is 6. The molecule has 1 unspecified atom stereocenters. The third kappa shape index (κ3) is 5.28. The fourth-order valence-electron chi connectivity index (χ4n) is 0.899. The van der Waals surface area contributed by atoms with Crippen molar-refractivity contribution in [3.63, 3.8) is 0 Å². The van der Waals surface area contributed by atoms with Crippen LogP contribution in [0.3, 0.4) is 0 Å². The molecule has 21 heteroatoms. The van der Waals surface area contributed by atoms with E-state index in [9.17, 15) is 73.9 Å². The van der Waals surface area contributed by atoms with Crippen LogP contribution in [0.2, 0.25) is 0 Å². The highest BCUT2D eigenvalue weighted by molar-refractivity contribution is 7.88. The van der Waals surface area contributed by atoms with Gasteiger partial charge in [-0.05, 0) is 0 Å². The van der Waals surface area contributed by atoms with Gasteiger partial charge in [0.1, 0.15) is 6.61 Å². The maximum atomic E-state index is 12.6. The summed E-state index contributed by atoms with van der Waals surface area (Å²) in [5.74, 6) is 0. The Kier molecular flexibility index (Phi) is 7.02. The van der Waals surface area contributed by atoms with Crippen LogP contribution in [-0.4, -0.2) is 58.6 Å². The molecule has 0 fully saturated rings. The lowest BCUT2D eigenvalue weighted by Crippen LogP contribution is -2.50. The van der Waals surface area contributed by atoms with Crippen molar-refractivity contribution in [3.05, 3.63) is 0 Å². The molecule has 0 saturated heterocycles. The van der Waals surface area contributed by atoms with Gasteiger partial charge < -0.3 is 0 Å². The SMILES string of the molecule is O=S(=O)(OCC(OS(=O)(=O)C(F)(F)C(F)(F)F)C(F)(F)F)C(F)(F)C(F)(F)F. The Hall–Kier alpha value is -1.09. The summed E-state index contributed by atoms with van der Waals surface area (Å²) in [6.07, 6.45) is -25.0. The van der Waals surface area contributed by atoms with E-state index in [1.807, 2.05) is 0 Å². The normalized spacial score (nSPS) is 16.9. The van der Waals surface area contributed by atoms with Gasteiger partial charge in [0.25, 0.3) is 0 Å². The number of hydrogen-bond donors (Lipinski definition) is 0. The van der Waals surface area contributed by atoms with Crippen LogP contribution in [0, 0.1) is 0 Å². The van der Waals surface area contributed by atoms with Crippen molar-refractivity contribution < 1.29 is 82.3 Å². The van der Waals surface area contributed by atoms with Gasteiger partial charge in [0, 0.05) is 0 Å². The van der Waals surface area contributed by atoms with Crippen molar-refractivity contribution >= 4 is 20.2 Å². The molecule has 0 aromatic rings. The fourth-order valence-corrected chi connectivity index (χ4v) is 2.51. The highest BCUT2D eigenvalue weighted by atomic mass is 32.2. The minimum Gasteiger partial charge on any atom is -0.262 e. The topological polar surface area (TPSA) is 86.7 Å². The molecule has 6 nitrogen and oxygen atoms in total. The molecule has 0 aromatic heterocycles. The summed E-state index contributed by atoms with van der Waals surface area (Å²) in [6, 6.07) is 0. The molecule has 0 aliphatic carbocycles. The third-order valence-corrected chi connectivity index (χ3v) is 4.92. The van der Waals surface area contributed by atoms with E-state index in [2.05, 4.69) is 8.37 Å². The first-order valence-corrected chi connectivity index (χ1v) is 8.40. The Labute approximate surface area is 145 Å². The molecule has 170 valence electrons. The van der Waals surface area contributed by atoms with Gasteiger partial charge in [-0.2, -0.15) is 73.9 Å². The van der Waals surface area contributed by atoms with Gasteiger partial charge in [0.2, 0.25) is 0 Å². The summed E-state index contributed by atoms with van der Waals surface area (Å²) in [6.45, 7) is -3.18. The van der Waals surface area contributed by atoms with Crippen LogP contribution in [0.4, 0.5) is 57.1 Å². The van der Waals surface area contributed by atoms with Crippen LogP contribution in [0.5, 0.6) is 0 Å². The van der Waals surface area contributed by atoms with Crippen molar-refractivity contribution in [2.75, 3.05) is 6.61 Å². The smallest absolute Gasteiger partial charge is 0.262 e. The predicted molar refractivity (Wildman–Crippen MR) is 56.7 cm³/mol. The monoisotopic (exact) mass is 494 g/mol. The average molecular weight is 494 g/mol. The maximum Gasteiger partial charge on any atom is 0.472 e. The Morgan fingerprint density at radius 1 is 0.607 bits per heavy atom. The standard InChI is InChI=1S/C7H3F13O6S2/c8-3(9,10)2(26-28(23,24)7(19,20)5(14,15)16)1-25-27(21,22)6(17,18)4(11,12)13/h2H,1H2. The van der Waals surface area contributed by atoms with E-state index in [1.54, 1.807) is 0 Å². The molecular formula is C7H3F13O6S2. The molecule has 28 heavy (non-hydrogen) atoms. The predicted octanol–water partition coefficient (Wildman–Crippen LogP) is 2.92. The van der Waals surface area contributed by atoms with E-state index < -0.39 is 62.0 Å². The second-order valence-electron chi connectivity index (χ2n) is 4.35. The zero-order valence-corrected chi connectivity index (χ0v) is 13.6. The second-order valence-corrected chi connectivity index (χ2v) is 7.62.